The van der Waals surface area contributed by atoms with Gasteiger partial charge in [-0.05, 0) is 38.8 Å². The lowest BCUT2D eigenvalue weighted by molar-refractivity contribution is 0.442. The molecule has 94 valence electrons. The van der Waals surface area contributed by atoms with Crippen LogP contribution < -0.4 is 10.9 Å². The Kier molecular flexibility index (Phi) is 3.62. The number of nitrogens with one attached hydrogen (secondary N) is 2. The molecule has 0 radical (unpaired) electrons. The second-order valence-corrected chi connectivity index (χ2v) is 5.13. The van der Waals surface area contributed by atoms with Gasteiger partial charge in [0.05, 0.1) is 0 Å². The highest BCUT2D eigenvalue weighted by molar-refractivity contribution is 5.21. The maximum Gasteiger partial charge on any atom is 0.254 e. The zero-order chi connectivity index (χ0) is 12.4. The van der Waals surface area contributed by atoms with Gasteiger partial charge in [0.25, 0.3) is 5.56 Å². The van der Waals surface area contributed by atoms with E-state index in [1.807, 2.05) is 20.8 Å². The van der Waals surface area contributed by atoms with Crippen molar-refractivity contribution >= 4 is 0 Å². The van der Waals surface area contributed by atoms with Crippen molar-refractivity contribution in [3.8, 4) is 0 Å². The van der Waals surface area contributed by atoms with E-state index in [-0.39, 0.29) is 11.5 Å². The summed E-state index contributed by atoms with van der Waals surface area (Å²) in [5.74, 6) is 1.51. The maximum atomic E-state index is 12.0. The van der Waals surface area contributed by atoms with Gasteiger partial charge in [0.15, 0.2) is 0 Å². The molecule has 1 aliphatic heterocycles. The van der Waals surface area contributed by atoms with Gasteiger partial charge in [-0.1, -0.05) is 13.8 Å². The summed E-state index contributed by atoms with van der Waals surface area (Å²) in [7, 11) is 0. The van der Waals surface area contributed by atoms with Gasteiger partial charge in [-0.2, -0.15) is 0 Å². The van der Waals surface area contributed by atoms with E-state index in [1.54, 1.807) is 0 Å². The average molecular weight is 235 g/mol. The first kappa shape index (κ1) is 12.3. The van der Waals surface area contributed by atoms with Gasteiger partial charge >= 0.3 is 0 Å². The Hall–Kier alpha value is -1.16. The van der Waals surface area contributed by atoms with Crippen molar-refractivity contribution in [1.82, 2.24) is 15.3 Å². The smallest absolute Gasteiger partial charge is 0.254 e. The van der Waals surface area contributed by atoms with Gasteiger partial charge < -0.3 is 10.3 Å². The quantitative estimate of drug-likeness (QED) is 0.819. The highest BCUT2D eigenvalue weighted by atomic mass is 16.1. The zero-order valence-corrected chi connectivity index (χ0v) is 10.8. The molecule has 17 heavy (non-hydrogen) atoms. The average Bonchev–Trinajstić information content (AvgIpc) is 2.28. The molecule has 1 aromatic rings. The molecule has 1 aliphatic rings. The van der Waals surface area contributed by atoms with Gasteiger partial charge in [-0.25, -0.2) is 4.98 Å². The van der Waals surface area contributed by atoms with Gasteiger partial charge in [0.2, 0.25) is 0 Å². The first-order chi connectivity index (χ1) is 8.09. The Balaban J connectivity index is 2.34. The molecule has 4 nitrogen and oxygen atoms in total. The summed E-state index contributed by atoms with van der Waals surface area (Å²) in [4.78, 5) is 19.6. The number of aromatic amines is 1. The Morgan fingerprint density at radius 2 is 1.94 bits per heavy atom. The summed E-state index contributed by atoms with van der Waals surface area (Å²) in [5.41, 5.74) is 1.75. The second kappa shape index (κ2) is 5.00. The van der Waals surface area contributed by atoms with Crippen LogP contribution in [0.15, 0.2) is 4.79 Å². The van der Waals surface area contributed by atoms with Crippen molar-refractivity contribution in [3.63, 3.8) is 0 Å². The predicted molar refractivity (Wildman–Crippen MR) is 68.5 cm³/mol. The number of piperidine rings is 1. The summed E-state index contributed by atoms with van der Waals surface area (Å²) >= 11 is 0. The lowest BCUT2D eigenvalue weighted by Gasteiger charge is -2.22. The van der Waals surface area contributed by atoms with Gasteiger partial charge in [0.1, 0.15) is 5.82 Å². The lowest BCUT2D eigenvalue weighted by Crippen LogP contribution is -2.29. The van der Waals surface area contributed by atoms with Crippen molar-refractivity contribution in [1.29, 1.82) is 0 Å². The topological polar surface area (TPSA) is 57.8 Å². The monoisotopic (exact) mass is 235 g/mol. The molecule has 0 atom stereocenters. The van der Waals surface area contributed by atoms with E-state index in [1.165, 1.54) is 0 Å². The molecule has 0 aromatic carbocycles. The molecule has 2 heterocycles. The van der Waals surface area contributed by atoms with E-state index in [0.29, 0.717) is 5.92 Å². The number of hydrogen-bond acceptors (Lipinski definition) is 3. The fraction of sp³-hybridized carbons (Fsp3) is 0.692. The van der Waals surface area contributed by atoms with Crippen LogP contribution in [0.25, 0.3) is 0 Å². The molecule has 2 N–H and O–H groups in total. The van der Waals surface area contributed by atoms with Crippen LogP contribution in [0.4, 0.5) is 0 Å². The Bertz CT molecular complexity index is 444. The number of nitrogens with zero attached hydrogens (tertiary/aromatic N) is 1. The standard InChI is InChI=1S/C13H21N3O/c1-8(2)11-9(3)15-12(16-13(11)17)10-4-6-14-7-5-10/h8,10,14H,4-7H2,1-3H3,(H,15,16,17). The summed E-state index contributed by atoms with van der Waals surface area (Å²) in [6.07, 6.45) is 2.12. The number of hydrogen-bond donors (Lipinski definition) is 2. The molecule has 0 amide bonds. The van der Waals surface area contributed by atoms with E-state index >= 15 is 0 Å². The number of aryl methyl sites for hydroxylation is 1. The molecule has 1 saturated heterocycles. The number of rotatable bonds is 2. The maximum absolute atomic E-state index is 12.0. The van der Waals surface area contributed by atoms with E-state index in [4.69, 9.17) is 0 Å². The fourth-order valence-corrected chi connectivity index (χ4v) is 2.59. The normalized spacial score (nSPS) is 17.6. The Morgan fingerprint density at radius 3 is 2.47 bits per heavy atom. The van der Waals surface area contributed by atoms with Crippen molar-refractivity contribution in [2.75, 3.05) is 13.1 Å². The molecular weight excluding hydrogens is 214 g/mol. The number of aromatic nitrogens is 2. The van der Waals surface area contributed by atoms with E-state index in [0.717, 1.165) is 43.0 Å². The molecule has 2 rings (SSSR count). The minimum absolute atomic E-state index is 0.0426. The van der Waals surface area contributed by atoms with Crippen LogP contribution in [-0.4, -0.2) is 23.1 Å². The molecule has 0 unspecified atom stereocenters. The SMILES string of the molecule is Cc1nc(C2CCNCC2)[nH]c(=O)c1C(C)C. The van der Waals surface area contributed by atoms with Crippen molar-refractivity contribution in [3.05, 3.63) is 27.4 Å². The molecule has 0 spiro atoms. The summed E-state index contributed by atoms with van der Waals surface area (Å²) in [6.45, 7) is 8.03. The molecule has 1 aromatic heterocycles. The van der Waals surface area contributed by atoms with E-state index in [2.05, 4.69) is 15.3 Å². The van der Waals surface area contributed by atoms with Gasteiger partial charge in [-0.15, -0.1) is 0 Å². The van der Waals surface area contributed by atoms with Gasteiger partial charge in [0, 0.05) is 17.2 Å². The minimum Gasteiger partial charge on any atom is -0.317 e. The van der Waals surface area contributed by atoms with Crippen LogP contribution in [0.5, 0.6) is 0 Å². The zero-order valence-electron chi connectivity index (χ0n) is 10.8. The molecular formula is C13H21N3O. The summed E-state index contributed by atoms with van der Waals surface area (Å²) < 4.78 is 0. The third kappa shape index (κ3) is 2.57. The van der Waals surface area contributed by atoms with Gasteiger partial charge in [-0.3, -0.25) is 4.79 Å². The highest BCUT2D eigenvalue weighted by Crippen LogP contribution is 2.22. The molecule has 4 heteroatoms. The predicted octanol–water partition coefficient (Wildman–Crippen LogP) is 1.67. The molecule has 1 fully saturated rings. The summed E-state index contributed by atoms with van der Waals surface area (Å²) in [6, 6.07) is 0. The van der Waals surface area contributed by atoms with Crippen molar-refractivity contribution in [2.45, 2.75) is 45.4 Å². The molecule has 0 saturated carbocycles. The van der Waals surface area contributed by atoms with Crippen molar-refractivity contribution in [2.24, 2.45) is 0 Å². The van der Waals surface area contributed by atoms with E-state index < -0.39 is 0 Å². The first-order valence-electron chi connectivity index (χ1n) is 6.41. The van der Waals surface area contributed by atoms with Crippen molar-refractivity contribution < 1.29 is 0 Å². The fourth-order valence-electron chi connectivity index (χ4n) is 2.59. The van der Waals surface area contributed by atoms with Crippen LogP contribution in [0.3, 0.4) is 0 Å². The first-order valence-corrected chi connectivity index (χ1v) is 6.41. The third-order valence-corrected chi connectivity index (χ3v) is 3.47. The van der Waals surface area contributed by atoms with Crippen LogP contribution in [0, 0.1) is 6.92 Å². The largest absolute Gasteiger partial charge is 0.317 e. The van der Waals surface area contributed by atoms with Crippen LogP contribution >= 0.6 is 0 Å². The van der Waals surface area contributed by atoms with Crippen LogP contribution in [0.1, 0.15) is 55.6 Å². The molecule has 0 bridgehead atoms. The second-order valence-electron chi connectivity index (χ2n) is 5.13. The van der Waals surface area contributed by atoms with Crippen LogP contribution in [-0.2, 0) is 0 Å². The minimum atomic E-state index is 0.0426. The molecule has 0 aliphatic carbocycles. The third-order valence-electron chi connectivity index (χ3n) is 3.47. The Morgan fingerprint density at radius 1 is 1.29 bits per heavy atom. The highest BCUT2D eigenvalue weighted by Gasteiger charge is 2.19. The van der Waals surface area contributed by atoms with Crippen LogP contribution in [0.2, 0.25) is 0 Å². The Labute approximate surface area is 102 Å². The lowest BCUT2D eigenvalue weighted by atomic mass is 9.96. The van der Waals surface area contributed by atoms with E-state index in [9.17, 15) is 4.79 Å². The number of H-pyrrole nitrogens is 1. The summed E-state index contributed by atoms with van der Waals surface area (Å²) in [5, 5.41) is 3.32.